The van der Waals surface area contributed by atoms with E-state index in [2.05, 4.69) is 15.2 Å². The van der Waals surface area contributed by atoms with Crippen molar-refractivity contribution in [1.82, 2.24) is 5.43 Å². The smallest absolute Gasteiger partial charge is 0.271 e. The molecule has 160 valence electrons. The van der Waals surface area contributed by atoms with E-state index in [1.54, 1.807) is 24.3 Å². The molecule has 0 bridgehead atoms. The average Bonchev–Trinajstić information content (AvgIpc) is 2.75. The lowest BCUT2D eigenvalue weighted by Crippen LogP contribution is -2.18. The maximum absolute atomic E-state index is 12.5. The molecule has 3 aromatic rings. The van der Waals surface area contributed by atoms with E-state index in [9.17, 15) is 13.2 Å². The van der Waals surface area contributed by atoms with Gasteiger partial charge < -0.3 is 4.74 Å². The first kappa shape index (κ1) is 22.0. The molecule has 0 atom stereocenters. The predicted octanol–water partition coefficient (Wildman–Crippen LogP) is 3.96. The van der Waals surface area contributed by atoms with Crippen LogP contribution in [0, 0.1) is 6.92 Å². The van der Waals surface area contributed by atoms with Gasteiger partial charge in [-0.05, 0) is 62.4 Å². The first-order chi connectivity index (χ1) is 14.9. The third-order valence-corrected chi connectivity index (χ3v) is 5.72. The van der Waals surface area contributed by atoms with Crippen LogP contribution in [0.2, 0.25) is 0 Å². The topological polar surface area (TPSA) is 96.9 Å². The van der Waals surface area contributed by atoms with E-state index in [1.165, 1.54) is 30.5 Å². The van der Waals surface area contributed by atoms with Crippen molar-refractivity contribution in [2.24, 2.45) is 5.10 Å². The molecule has 0 saturated carbocycles. The third kappa shape index (κ3) is 5.93. The van der Waals surface area contributed by atoms with Gasteiger partial charge in [-0.2, -0.15) is 5.10 Å². The Bertz CT molecular complexity index is 1170. The number of aryl methyl sites for hydroxylation is 1. The van der Waals surface area contributed by atoms with Crippen molar-refractivity contribution in [2.45, 2.75) is 18.7 Å². The number of anilines is 1. The zero-order valence-electron chi connectivity index (χ0n) is 17.2. The number of para-hydroxylation sites is 1. The summed E-state index contributed by atoms with van der Waals surface area (Å²) in [5.41, 5.74) is 4.86. The Morgan fingerprint density at radius 1 is 1.00 bits per heavy atom. The molecule has 0 fully saturated rings. The number of nitrogens with zero attached hydrogens (tertiary/aromatic N) is 1. The summed E-state index contributed by atoms with van der Waals surface area (Å²) in [6, 6.07) is 20.0. The van der Waals surface area contributed by atoms with E-state index in [1.807, 2.05) is 38.1 Å². The number of rotatable bonds is 8. The van der Waals surface area contributed by atoms with Gasteiger partial charge in [0.15, 0.2) is 0 Å². The third-order valence-electron chi connectivity index (χ3n) is 4.32. The number of nitrogens with one attached hydrogen (secondary N) is 2. The number of hydrogen-bond acceptors (Lipinski definition) is 5. The predicted molar refractivity (Wildman–Crippen MR) is 121 cm³/mol. The molecular formula is C23H23N3O4S. The van der Waals surface area contributed by atoms with Crippen LogP contribution in [0.1, 0.15) is 28.4 Å². The van der Waals surface area contributed by atoms with Crippen LogP contribution >= 0.6 is 0 Å². The zero-order chi connectivity index (χ0) is 22.3. The fourth-order valence-corrected chi connectivity index (χ4v) is 3.78. The van der Waals surface area contributed by atoms with Crippen LogP contribution < -0.4 is 14.9 Å². The summed E-state index contributed by atoms with van der Waals surface area (Å²) in [5, 5.41) is 3.97. The van der Waals surface area contributed by atoms with Gasteiger partial charge in [0.1, 0.15) is 5.75 Å². The maximum Gasteiger partial charge on any atom is 0.271 e. The Hall–Kier alpha value is -3.65. The Morgan fingerprint density at radius 2 is 1.68 bits per heavy atom. The fraction of sp³-hybridized carbons (Fsp3) is 0.130. The number of ether oxygens (including phenoxy) is 1. The van der Waals surface area contributed by atoms with Crippen molar-refractivity contribution in [2.75, 3.05) is 11.3 Å². The SMILES string of the molecule is CCOc1ccccc1/C=N/NC(=O)c1ccc(NS(=O)(=O)c2ccc(C)cc2)cc1. The van der Waals surface area contributed by atoms with E-state index >= 15 is 0 Å². The zero-order valence-corrected chi connectivity index (χ0v) is 18.0. The normalized spacial score (nSPS) is 11.3. The highest BCUT2D eigenvalue weighted by atomic mass is 32.2. The van der Waals surface area contributed by atoms with Crippen molar-refractivity contribution >= 4 is 27.8 Å². The molecule has 31 heavy (non-hydrogen) atoms. The molecule has 0 unspecified atom stereocenters. The van der Waals surface area contributed by atoms with E-state index in [0.29, 0.717) is 23.6 Å². The van der Waals surface area contributed by atoms with Gasteiger partial charge in [0.25, 0.3) is 15.9 Å². The second-order valence-electron chi connectivity index (χ2n) is 6.67. The van der Waals surface area contributed by atoms with Crippen molar-refractivity contribution in [3.8, 4) is 5.75 Å². The number of hydrogen-bond donors (Lipinski definition) is 2. The van der Waals surface area contributed by atoms with Crippen LogP contribution in [-0.2, 0) is 10.0 Å². The number of carbonyl (C=O) groups excluding carboxylic acids is 1. The van der Waals surface area contributed by atoms with Crippen molar-refractivity contribution in [1.29, 1.82) is 0 Å². The molecule has 7 nitrogen and oxygen atoms in total. The summed E-state index contributed by atoms with van der Waals surface area (Å²) in [6.07, 6.45) is 1.51. The highest BCUT2D eigenvalue weighted by Gasteiger charge is 2.14. The summed E-state index contributed by atoms with van der Waals surface area (Å²) in [4.78, 5) is 12.5. The standard InChI is InChI=1S/C23H23N3O4S/c1-3-30-22-7-5-4-6-19(22)16-24-25-23(27)18-10-12-20(13-11-18)26-31(28,29)21-14-8-17(2)9-15-21/h4-16,26H,3H2,1-2H3,(H,25,27)/b24-16+. The Labute approximate surface area is 181 Å². The number of hydrazone groups is 1. The molecule has 3 aromatic carbocycles. The van der Waals surface area contributed by atoms with Gasteiger partial charge in [-0.1, -0.05) is 29.8 Å². The lowest BCUT2D eigenvalue weighted by molar-refractivity contribution is 0.0955. The molecule has 0 aromatic heterocycles. The van der Waals surface area contributed by atoms with Gasteiger partial charge in [0, 0.05) is 16.8 Å². The highest BCUT2D eigenvalue weighted by molar-refractivity contribution is 7.92. The number of carbonyl (C=O) groups is 1. The Balaban J connectivity index is 1.63. The summed E-state index contributed by atoms with van der Waals surface area (Å²) >= 11 is 0. The largest absolute Gasteiger partial charge is 0.493 e. The first-order valence-electron chi connectivity index (χ1n) is 9.64. The van der Waals surface area contributed by atoms with Gasteiger partial charge in [-0.15, -0.1) is 0 Å². The number of benzene rings is 3. The summed E-state index contributed by atoms with van der Waals surface area (Å²) < 4.78 is 32.9. The van der Waals surface area contributed by atoms with Crippen molar-refractivity contribution in [3.05, 3.63) is 89.5 Å². The minimum absolute atomic E-state index is 0.168. The van der Waals surface area contributed by atoms with Crippen LogP contribution in [0.3, 0.4) is 0 Å². The van der Waals surface area contributed by atoms with Gasteiger partial charge in [0.05, 0.1) is 17.7 Å². The molecule has 0 aliphatic carbocycles. The van der Waals surface area contributed by atoms with Gasteiger partial charge >= 0.3 is 0 Å². The maximum atomic E-state index is 12.5. The molecule has 0 spiro atoms. The molecule has 0 aliphatic heterocycles. The Kier molecular flexibility index (Phi) is 7.04. The second kappa shape index (κ2) is 9.90. The van der Waals surface area contributed by atoms with E-state index in [-0.39, 0.29) is 4.90 Å². The van der Waals surface area contributed by atoms with Crippen molar-refractivity contribution in [3.63, 3.8) is 0 Å². The van der Waals surface area contributed by atoms with Gasteiger partial charge in [-0.3, -0.25) is 9.52 Å². The molecule has 0 radical (unpaired) electrons. The second-order valence-corrected chi connectivity index (χ2v) is 8.35. The number of amides is 1. The quantitative estimate of drug-likeness (QED) is 0.412. The van der Waals surface area contributed by atoms with Crippen LogP contribution in [0.4, 0.5) is 5.69 Å². The molecule has 8 heteroatoms. The van der Waals surface area contributed by atoms with Gasteiger partial charge in [-0.25, -0.2) is 13.8 Å². The summed E-state index contributed by atoms with van der Waals surface area (Å²) in [5.74, 6) is 0.256. The monoisotopic (exact) mass is 437 g/mol. The molecule has 1 amide bonds. The van der Waals surface area contributed by atoms with E-state index in [4.69, 9.17) is 4.74 Å². The first-order valence-corrected chi connectivity index (χ1v) is 11.1. The lowest BCUT2D eigenvalue weighted by Gasteiger charge is -2.09. The Morgan fingerprint density at radius 3 is 2.35 bits per heavy atom. The molecular weight excluding hydrogens is 414 g/mol. The molecule has 0 heterocycles. The highest BCUT2D eigenvalue weighted by Crippen LogP contribution is 2.18. The van der Waals surface area contributed by atoms with E-state index in [0.717, 1.165) is 11.1 Å². The fourth-order valence-electron chi connectivity index (χ4n) is 2.72. The van der Waals surface area contributed by atoms with Crippen LogP contribution in [0.15, 0.2) is 82.8 Å². The minimum Gasteiger partial charge on any atom is -0.493 e. The lowest BCUT2D eigenvalue weighted by atomic mass is 10.2. The average molecular weight is 438 g/mol. The molecule has 2 N–H and O–H groups in total. The van der Waals surface area contributed by atoms with Crippen LogP contribution in [-0.4, -0.2) is 27.1 Å². The van der Waals surface area contributed by atoms with E-state index < -0.39 is 15.9 Å². The molecule has 3 rings (SSSR count). The number of sulfonamides is 1. The van der Waals surface area contributed by atoms with Gasteiger partial charge in [0.2, 0.25) is 0 Å². The summed E-state index contributed by atoms with van der Waals surface area (Å²) in [7, 11) is -3.70. The minimum atomic E-state index is -3.70. The van der Waals surface area contributed by atoms with Crippen LogP contribution in [0.5, 0.6) is 5.75 Å². The molecule has 0 saturated heterocycles. The molecule has 0 aliphatic rings. The van der Waals surface area contributed by atoms with Crippen LogP contribution in [0.25, 0.3) is 0 Å². The van der Waals surface area contributed by atoms with Crippen molar-refractivity contribution < 1.29 is 17.9 Å². The summed E-state index contributed by atoms with van der Waals surface area (Å²) in [6.45, 7) is 4.30.